The van der Waals surface area contributed by atoms with Crippen LogP contribution in [0.1, 0.15) is 88.8 Å². The van der Waals surface area contributed by atoms with Crippen molar-refractivity contribution in [2.24, 2.45) is 5.73 Å². The summed E-state index contributed by atoms with van der Waals surface area (Å²) >= 11 is 0. The number of amides is 1. The number of rotatable bonds is 9. The fourth-order valence-corrected chi connectivity index (χ4v) is 5.47. The number of carbonyl (C=O) groups excluding carboxylic acids is 1. The van der Waals surface area contributed by atoms with E-state index in [9.17, 15) is 13.2 Å². The molecule has 0 atom stereocenters. The standard InChI is InChI=1S/C16H26O2S.C11H22N4O/c1-10(2)13-8-14(11(3)4)16(19(7,17)18)15(9-13)12(5)6;1-10(12)13-5-3-4-11(16)15-8-6-14(2)7-9-15/h8-12H,1-7H3;13H,1,3-9,12H2,2H3. The van der Waals surface area contributed by atoms with E-state index in [-0.39, 0.29) is 17.7 Å². The monoisotopic (exact) mass is 508 g/mol. The van der Waals surface area contributed by atoms with Crippen LogP contribution in [-0.2, 0) is 14.6 Å². The first-order valence-corrected chi connectivity index (χ1v) is 14.6. The van der Waals surface area contributed by atoms with Crippen molar-refractivity contribution in [1.82, 2.24) is 15.1 Å². The van der Waals surface area contributed by atoms with Crippen LogP contribution in [-0.4, -0.2) is 70.2 Å². The van der Waals surface area contributed by atoms with Gasteiger partial charge in [-0.2, -0.15) is 0 Å². The molecule has 0 aliphatic carbocycles. The number of nitrogens with two attached hydrogens (primary N) is 1. The third-order valence-electron chi connectivity index (χ3n) is 6.23. The third-order valence-corrected chi connectivity index (χ3v) is 7.44. The Morgan fingerprint density at radius 2 is 1.49 bits per heavy atom. The van der Waals surface area contributed by atoms with Gasteiger partial charge in [-0.1, -0.05) is 60.3 Å². The van der Waals surface area contributed by atoms with Crippen LogP contribution >= 0.6 is 0 Å². The van der Waals surface area contributed by atoms with Crippen molar-refractivity contribution >= 4 is 15.7 Å². The molecule has 0 bridgehead atoms. The van der Waals surface area contributed by atoms with Crippen LogP contribution in [0.3, 0.4) is 0 Å². The van der Waals surface area contributed by atoms with Gasteiger partial charge in [-0.25, -0.2) is 8.42 Å². The van der Waals surface area contributed by atoms with Crippen LogP contribution < -0.4 is 11.1 Å². The number of hydrogen-bond acceptors (Lipinski definition) is 6. The molecule has 1 aromatic rings. The fraction of sp³-hybridized carbons (Fsp3) is 0.667. The van der Waals surface area contributed by atoms with E-state index in [4.69, 9.17) is 5.73 Å². The maximum atomic E-state index is 12.2. The SMILES string of the molecule is C=C(N)NCCCC(=O)N1CCN(C)CC1.CC(C)c1cc(C(C)C)c(S(C)(=O)=O)c(C(C)C)c1. The van der Waals surface area contributed by atoms with Gasteiger partial charge >= 0.3 is 0 Å². The van der Waals surface area contributed by atoms with Crippen LogP contribution in [0.4, 0.5) is 0 Å². The Morgan fingerprint density at radius 3 is 1.86 bits per heavy atom. The van der Waals surface area contributed by atoms with Crippen LogP contribution in [0.25, 0.3) is 0 Å². The van der Waals surface area contributed by atoms with Gasteiger partial charge in [0.05, 0.1) is 10.7 Å². The lowest BCUT2D eigenvalue weighted by Gasteiger charge is -2.32. The molecule has 1 aromatic carbocycles. The van der Waals surface area contributed by atoms with Crippen molar-refractivity contribution in [2.45, 2.75) is 77.0 Å². The van der Waals surface area contributed by atoms with E-state index >= 15 is 0 Å². The zero-order valence-corrected chi connectivity index (χ0v) is 24.0. The van der Waals surface area contributed by atoms with Gasteiger partial charge in [0.25, 0.3) is 0 Å². The van der Waals surface area contributed by atoms with Gasteiger partial charge in [0.2, 0.25) is 5.91 Å². The molecule has 0 saturated carbocycles. The molecule has 200 valence electrons. The molecule has 0 aromatic heterocycles. The van der Waals surface area contributed by atoms with Crippen LogP contribution in [0.15, 0.2) is 29.4 Å². The van der Waals surface area contributed by atoms with E-state index in [0.717, 1.165) is 50.3 Å². The smallest absolute Gasteiger partial charge is 0.222 e. The first-order chi connectivity index (χ1) is 16.1. The predicted molar refractivity (Wildman–Crippen MR) is 146 cm³/mol. The summed E-state index contributed by atoms with van der Waals surface area (Å²) in [5, 5.41) is 2.92. The molecular formula is C27H48N4O3S. The van der Waals surface area contributed by atoms with E-state index in [1.54, 1.807) is 0 Å². The number of piperazine rings is 1. The molecule has 0 radical (unpaired) electrons. The maximum absolute atomic E-state index is 12.2. The number of benzene rings is 1. The molecule has 1 amide bonds. The quantitative estimate of drug-likeness (QED) is 0.489. The molecule has 0 spiro atoms. The van der Waals surface area contributed by atoms with E-state index in [1.807, 2.05) is 4.90 Å². The summed E-state index contributed by atoms with van der Waals surface area (Å²) in [5.74, 6) is 1.54. The number of hydrogen-bond donors (Lipinski definition) is 2. The molecule has 1 aliphatic heterocycles. The van der Waals surface area contributed by atoms with E-state index in [2.05, 4.69) is 77.5 Å². The summed E-state index contributed by atoms with van der Waals surface area (Å²) in [6.45, 7) is 20.4. The van der Waals surface area contributed by atoms with Gasteiger partial charge in [-0.3, -0.25) is 4.79 Å². The lowest BCUT2D eigenvalue weighted by molar-refractivity contribution is -0.132. The predicted octanol–water partition coefficient (Wildman–Crippen LogP) is 4.02. The largest absolute Gasteiger partial charge is 0.386 e. The Kier molecular flexibility index (Phi) is 12.3. The number of sulfone groups is 1. The molecule has 1 fully saturated rings. The molecule has 8 heteroatoms. The van der Waals surface area contributed by atoms with Gasteiger partial charge in [0.15, 0.2) is 9.84 Å². The van der Waals surface area contributed by atoms with Gasteiger partial charge in [-0.05, 0) is 47.9 Å². The summed E-state index contributed by atoms with van der Waals surface area (Å²) in [5.41, 5.74) is 8.49. The second-order valence-corrected chi connectivity index (χ2v) is 12.5. The van der Waals surface area contributed by atoms with Gasteiger partial charge in [0.1, 0.15) is 0 Å². The fourth-order valence-electron chi connectivity index (χ4n) is 4.02. The summed E-state index contributed by atoms with van der Waals surface area (Å²) in [7, 11) is -1.11. The Balaban J connectivity index is 0.000000355. The van der Waals surface area contributed by atoms with Crippen molar-refractivity contribution < 1.29 is 13.2 Å². The number of carbonyl (C=O) groups is 1. The van der Waals surface area contributed by atoms with Crippen LogP contribution in [0.5, 0.6) is 0 Å². The Hall–Kier alpha value is -2.06. The van der Waals surface area contributed by atoms with Gasteiger partial charge < -0.3 is 20.9 Å². The van der Waals surface area contributed by atoms with E-state index in [1.165, 1.54) is 11.8 Å². The molecule has 7 nitrogen and oxygen atoms in total. The molecule has 3 N–H and O–H groups in total. The zero-order valence-electron chi connectivity index (χ0n) is 23.1. The van der Waals surface area contributed by atoms with Crippen LogP contribution in [0, 0.1) is 0 Å². The molecule has 0 unspecified atom stereocenters. The Bertz CT molecular complexity index is 918. The second kappa shape index (κ2) is 13.9. The van der Waals surface area contributed by atoms with Crippen molar-refractivity contribution in [3.05, 3.63) is 41.2 Å². The van der Waals surface area contributed by atoms with E-state index in [0.29, 0.717) is 23.1 Å². The third kappa shape index (κ3) is 10.2. The lowest BCUT2D eigenvalue weighted by Crippen LogP contribution is -2.47. The number of nitrogens with one attached hydrogen (secondary N) is 1. The molecule has 1 saturated heterocycles. The maximum Gasteiger partial charge on any atom is 0.222 e. The van der Waals surface area contributed by atoms with Crippen molar-refractivity contribution in [2.75, 3.05) is 46.0 Å². The highest BCUT2D eigenvalue weighted by atomic mass is 32.2. The van der Waals surface area contributed by atoms with Gasteiger partial charge in [0, 0.05) is 45.4 Å². The Labute approximate surface area is 214 Å². The molecule has 2 rings (SSSR count). The van der Waals surface area contributed by atoms with Crippen molar-refractivity contribution in [1.29, 1.82) is 0 Å². The molecule has 1 aliphatic rings. The minimum Gasteiger partial charge on any atom is -0.386 e. The van der Waals surface area contributed by atoms with Crippen LogP contribution in [0.2, 0.25) is 0 Å². The highest BCUT2D eigenvalue weighted by Gasteiger charge is 2.23. The summed E-state index contributed by atoms with van der Waals surface area (Å²) < 4.78 is 24.3. The lowest BCUT2D eigenvalue weighted by atomic mass is 9.89. The normalized spacial score (nSPS) is 14.8. The minimum absolute atomic E-state index is 0.209. The molecule has 1 heterocycles. The van der Waals surface area contributed by atoms with Crippen molar-refractivity contribution in [3.8, 4) is 0 Å². The number of nitrogens with zero attached hydrogens (tertiary/aromatic N) is 2. The summed E-state index contributed by atoms with van der Waals surface area (Å²) in [4.78, 5) is 16.5. The summed E-state index contributed by atoms with van der Waals surface area (Å²) in [6, 6.07) is 4.13. The molecule has 35 heavy (non-hydrogen) atoms. The topological polar surface area (TPSA) is 95.7 Å². The summed E-state index contributed by atoms with van der Waals surface area (Å²) in [6.07, 6.45) is 2.71. The van der Waals surface area contributed by atoms with Gasteiger partial charge in [-0.15, -0.1) is 0 Å². The average Bonchev–Trinajstić information content (AvgIpc) is 2.75. The highest BCUT2D eigenvalue weighted by molar-refractivity contribution is 7.90. The highest BCUT2D eigenvalue weighted by Crippen LogP contribution is 2.34. The van der Waals surface area contributed by atoms with Crippen molar-refractivity contribution in [3.63, 3.8) is 0 Å². The average molecular weight is 509 g/mol. The van der Waals surface area contributed by atoms with E-state index < -0.39 is 9.84 Å². The second-order valence-electron chi connectivity index (χ2n) is 10.5. The Morgan fingerprint density at radius 1 is 1.00 bits per heavy atom. The molecular weight excluding hydrogens is 460 g/mol. The zero-order chi connectivity index (χ0) is 26.9. The first kappa shape index (κ1) is 31.0. The minimum atomic E-state index is -3.20. The first-order valence-electron chi connectivity index (χ1n) is 12.7. The number of likely N-dealkylation sites (N-methyl/N-ethyl adjacent to an activating group) is 1.